The van der Waals surface area contributed by atoms with Crippen molar-refractivity contribution in [3.05, 3.63) is 0 Å². The summed E-state index contributed by atoms with van der Waals surface area (Å²) in [5.74, 6) is -1.16. The van der Waals surface area contributed by atoms with E-state index >= 15 is 0 Å². The molecule has 0 bridgehead atoms. The van der Waals surface area contributed by atoms with Crippen molar-refractivity contribution in [3.63, 3.8) is 0 Å². The number of carbonyl (C=O) groups is 3. The molecule has 1 rings (SSSR count). The topological polar surface area (TPSA) is 98.7 Å². The van der Waals surface area contributed by atoms with Crippen molar-refractivity contribution in [1.82, 2.24) is 15.5 Å². The Kier molecular flexibility index (Phi) is 4.74. The molecular formula is C10H17N3O4. The fraction of sp³-hybridized carbons (Fsp3) is 0.700. The number of nitrogens with one attached hydrogen (secondary N) is 2. The van der Waals surface area contributed by atoms with Gasteiger partial charge in [-0.05, 0) is 13.3 Å². The minimum absolute atomic E-state index is 0.0195. The molecule has 17 heavy (non-hydrogen) atoms. The summed E-state index contributed by atoms with van der Waals surface area (Å²) in [6, 6.07) is -0.845. The number of hydrogen-bond acceptors (Lipinski definition) is 3. The predicted molar refractivity (Wildman–Crippen MR) is 59.4 cm³/mol. The molecule has 1 aliphatic rings. The van der Waals surface area contributed by atoms with Gasteiger partial charge in [0, 0.05) is 19.1 Å². The normalized spacial score (nSPS) is 17.9. The number of carbonyl (C=O) groups excluding carboxylic acids is 2. The van der Waals surface area contributed by atoms with E-state index in [9.17, 15) is 14.4 Å². The number of nitrogens with zero attached hydrogens (tertiary/aromatic N) is 1. The Morgan fingerprint density at radius 1 is 1.59 bits per heavy atom. The van der Waals surface area contributed by atoms with E-state index < -0.39 is 18.0 Å². The van der Waals surface area contributed by atoms with Crippen LogP contribution in [-0.4, -0.2) is 53.6 Å². The highest BCUT2D eigenvalue weighted by molar-refractivity contribution is 5.84. The average molecular weight is 243 g/mol. The van der Waals surface area contributed by atoms with Crippen LogP contribution in [0.25, 0.3) is 0 Å². The second-order valence-corrected chi connectivity index (χ2v) is 4.07. The maximum Gasteiger partial charge on any atom is 0.318 e. The third-order valence-electron chi connectivity index (χ3n) is 2.40. The van der Waals surface area contributed by atoms with Crippen molar-refractivity contribution in [2.75, 3.05) is 19.6 Å². The highest BCUT2D eigenvalue weighted by atomic mass is 16.4. The number of carboxylic acid groups (broad SMARTS) is 1. The summed E-state index contributed by atoms with van der Waals surface area (Å²) in [6.45, 7) is 2.69. The standard InChI is InChI=1S/C10H17N3O4/c1-7(5-9(15)16)12-10(17)13-4-2-3-11-8(14)6-13/h7H,2-6H2,1H3,(H,11,14)(H,12,17)(H,15,16). The Bertz CT molecular complexity index is 319. The number of hydrogen-bond donors (Lipinski definition) is 3. The van der Waals surface area contributed by atoms with Crippen molar-refractivity contribution >= 4 is 17.9 Å². The average Bonchev–Trinajstić information content (AvgIpc) is 2.41. The minimum atomic E-state index is -0.966. The van der Waals surface area contributed by atoms with Crippen LogP contribution in [0.15, 0.2) is 0 Å². The molecule has 96 valence electrons. The lowest BCUT2D eigenvalue weighted by Crippen LogP contribution is -2.46. The molecule has 0 aromatic heterocycles. The summed E-state index contributed by atoms with van der Waals surface area (Å²) in [7, 11) is 0. The van der Waals surface area contributed by atoms with Gasteiger partial charge in [0.15, 0.2) is 0 Å². The molecule has 1 atom stereocenters. The molecule has 1 saturated heterocycles. The summed E-state index contributed by atoms with van der Waals surface area (Å²) in [5.41, 5.74) is 0. The zero-order valence-electron chi connectivity index (χ0n) is 9.73. The van der Waals surface area contributed by atoms with Crippen LogP contribution in [0, 0.1) is 0 Å². The number of rotatable bonds is 3. The number of urea groups is 1. The Morgan fingerprint density at radius 3 is 2.94 bits per heavy atom. The first-order chi connectivity index (χ1) is 7.99. The smallest absolute Gasteiger partial charge is 0.318 e. The first-order valence-corrected chi connectivity index (χ1v) is 5.53. The van der Waals surface area contributed by atoms with Gasteiger partial charge in [-0.25, -0.2) is 4.79 Å². The van der Waals surface area contributed by atoms with E-state index in [2.05, 4.69) is 10.6 Å². The molecule has 7 nitrogen and oxygen atoms in total. The van der Waals surface area contributed by atoms with E-state index in [1.54, 1.807) is 6.92 Å². The fourth-order valence-electron chi connectivity index (χ4n) is 1.59. The van der Waals surface area contributed by atoms with Gasteiger partial charge in [0.25, 0.3) is 0 Å². The Hall–Kier alpha value is -1.79. The summed E-state index contributed by atoms with van der Waals surface area (Å²) >= 11 is 0. The van der Waals surface area contributed by atoms with Crippen LogP contribution >= 0.6 is 0 Å². The first-order valence-electron chi connectivity index (χ1n) is 5.53. The largest absolute Gasteiger partial charge is 0.481 e. The Morgan fingerprint density at radius 2 is 2.29 bits per heavy atom. The molecule has 0 aromatic rings. The van der Waals surface area contributed by atoms with Crippen LogP contribution in [0.1, 0.15) is 19.8 Å². The molecule has 3 N–H and O–H groups in total. The summed E-state index contributed by atoms with van der Waals surface area (Å²) in [4.78, 5) is 34.8. The van der Waals surface area contributed by atoms with Crippen LogP contribution < -0.4 is 10.6 Å². The lowest BCUT2D eigenvalue weighted by Gasteiger charge is -2.22. The second-order valence-electron chi connectivity index (χ2n) is 4.07. The van der Waals surface area contributed by atoms with Crippen molar-refractivity contribution in [1.29, 1.82) is 0 Å². The van der Waals surface area contributed by atoms with Crippen molar-refractivity contribution in [3.8, 4) is 0 Å². The molecular weight excluding hydrogens is 226 g/mol. The number of aliphatic carboxylic acids is 1. The van der Waals surface area contributed by atoms with Gasteiger partial charge in [-0.1, -0.05) is 0 Å². The van der Waals surface area contributed by atoms with Crippen molar-refractivity contribution in [2.45, 2.75) is 25.8 Å². The van der Waals surface area contributed by atoms with Gasteiger partial charge in [-0.15, -0.1) is 0 Å². The molecule has 0 radical (unpaired) electrons. The Labute approximate surface area is 99.2 Å². The van der Waals surface area contributed by atoms with E-state index in [-0.39, 0.29) is 18.9 Å². The van der Waals surface area contributed by atoms with Gasteiger partial charge in [0.2, 0.25) is 5.91 Å². The monoisotopic (exact) mass is 243 g/mol. The molecule has 3 amide bonds. The SMILES string of the molecule is CC(CC(=O)O)NC(=O)N1CCCNC(=O)C1. The van der Waals surface area contributed by atoms with E-state index in [0.29, 0.717) is 19.5 Å². The first kappa shape index (κ1) is 13.3. The molecule has 1 heterocycles. The zero-order chi connectivity index (χ0) is 12.8. The highest BCUT2D eigenvalue weighted by Crippen LogP contribution is 1.99. The third-order valence-corrected chi connectivity index (χ3v) is 2.40. The number of amides is 3. The molecule has 0 aromatic carbocycles. The van der Waals surface area contributed by atoms with E-state index in [1.165, 1.54) is 4.90 Å². The van der Waals surface area contributed by atoms with Gasteiger partial charge in [0.1, 0.15) is 6.54 Å². The quantitative estimate of drug-likeness (QED) is 0.615. The van der Waals surface area contributed by atoms with Gasteiger partial charge in [-0.3, -0.25) is 9.59 Å². The van der Waals surface area contributed by atoms with Crippen LogP contribution in [0.3, 0.4) is 0 Å². The summed E-state index contributed by atoms with van der Waals surface area (Å²) in [5, 5.41) is 13.8. The van der Waals surface area contributed by atoms with E-state index in [1.807, 2.05) is 0 Å². The van der Waals surface area contributed by atoms with Gasteiger partial charge in [-0.2, -0.15) is 0 Å². The Balaban J connectivity index is 2.45. The molecule has 0 aliphatic carbocycles. The van der Waals surface area contributed by atoms with Crippen molar-refractivity contribution < 1.29 is 19.5 Å². The van der Waals surface area contributed by atoms with Gasteiger partial charge >= 0.3 is 12.0 Å². The van der Waals surface area contributed by atoms with Crippen LogP contribution in [-0.2, 0) is 9.59 Å². The van der Waals surface area contributed by atoms with Crippen LogP contribution in [0.2, 0.25) is 0 Å². The maximum absolute atomic E-state index is 11.7. The number of carboxylic acids is 1. The zero-order valence-corrected chi connectivity index (χ0v) is 9.73. The predicted octanol–water partition coefficient (Wildman–Crippen LogP) is -0.619. The molecule has 1 aliphatic heterocycles. The molecule has 0 spiro atoms. The van der Waals surface area contributed by atoms with Gasteiger partial charge in [0.05, 0.1) is 6.42 Å². The van der Waals surface area contributed by atoms with Crippen molar-refractivity contribution in [2.24, 2.45) is 0 Å². The summed E-state index contributed by atoms with van der Waals surface area (Å²) in [6.07, 6.45) is 0.568. The van der Waals surface area contributed by atoms with E-state index in [4.69, 9.17) is 5.11 Å². The lowest BCUT2D eigenvalue weighted by molar-refractivity contribution is -0.137. The molecule has 1 unspecified atom stereocenters. The minimum Gasteiger partial charge on any atom is -0.481 e. The third kappa shape index (κ3) is 4.71. The van der Waals surface area contributed by atoms with E-state index in [0.717, 1.165) is 0 Å². The molecule has 7 heteroatoms. The lowest BCUT2D eigenvalue weighted by atomic mass is 10.2. The second kappa shape index (κ2) is 6.07. The highest BCUT2D eigenvalue weighted by Gasteiger charge is 2.21. The maximum atomic E-state index is 11.7. The summed E-state index contributed by atoms with van der Waals surface area (Å²) < 4.78 is 0. The molecule has 0 saturated carbocycles. The molecule has 1 fully saturated rings. The van der Waals surface area contributed by atoms with Gasteiger partial charge < -0.3 is 20.6 Å². The van der Waals surface area contributed by atoms with Crippen LogP contribution in [0.5, 0.6) is 0 Å². The fourth-order valence-corrected chi connectivity index (χ4v) is 1.59. The van der Waals surface area contributed by atoms with Crippen LogP contribution in [0.4, 0.5) is 4.79 Å².